The van der Waals surface area contributed by atoms with E-state index in [9.17, 15) is 4.79 Å². The van der Waals surface area contributed by atoms with Crippen molar-refractivity contribution in [1.82, 2.24) is 10.6 Å². The molecule has 1 amide bonds. The summed E-state index contributed by atoms with van der Waals surface area (Å²) in [4.78, 5) is 11.6. The minimum Gasteiger partial charge on any atom is -0.364 e. The number of carbonyl (C=O) groups is 1. The van der Waals surface area contributed by atoms with Crippen LogP contribution in [0, 0.1) is 0 Å². The van der Waals surface area contributed by atoms with Crippen LogP contribution in [0.2, 0.25) is 0 Å². The molecule has 0 bridgehead atoms. The van der Waals surface area contributed by atoms with Crippen molar-refractivity contribution in [2.75, 3.05) is 19.7 Å². The first kappa shape index (κ1) is 13.5. The summed E-state index contributed by atoms with van der Waals surface area (Å²) >= 11 is 0. The Labute approximate surface area is 98.1 Å². The molecule has 4 nitrogen and oxygen atoms in total. The van der Waals surface area contributed by atoms with E-state index in [1.165, 1.54) is 0 Å². The van der Waals surface area contributed by atoms with E-state index in [2.05, 4.69) is 17.6 Å². The molecule has 0 aromatic carbocycles. The Morgan fingerprint density at radius 1 is 1.50 bits per heavy atom. The SMILES string of the molecule is CC(C)(C)NC(=O)COC1(C)CCCNC1. The Morgan fingerprint density at radius 2 is 2.19 bits per heavy atom. The predicted molar refractivity (Wildman–Crippen MR) is 64.4 cm³/mol. The van der Waals surface area contributed by atoms with Crippen molar-refractivity contribution in [2.24, 2.45) is 0 Å². The maximum Gasteiger partial charge on any atom is 0.246 e. The van der Waals surface area contributed by atoms with E-state index in [-0.39, 0.29) is 23.7 Å². The minimum atomic E-state index is -0.188. The predicted octanol–water partition coefficient (Wildman–Crippen LogP) is 1.06. The Morgan fingerprint density at radius 3 is 2.69 bits per heavy atom. The van der Waals surface area contributed by atoms with Gasteiger partial charge in [-0.2, -0.15) is 0 Å². The molecule has 1 aliphatic heterocycles. The monoisotopic (exact) mass is 228 g/mol. The average molecular weight is 228 g/mol. The first-order valence-electron chi connectivity index (χ1n) is 5.96. The second-order valence-electron chi connectivity index (χ2n) is 5.82. The highest BCUT2D eigenvalue weighted by Crippen LogP contribution is 2.19. The Bertz CT molecular complexity index is 240. The van der Waals surface area contributed by atoms with Crippen molar-refractivity contribution in [3.05, 3.63) is 0 Å². The average Bonchev–Trinajstić information content (AvgIpc) is 2.14. The van der Waals surface area contributed by atoms with Crippen LogP contribution in [0.15, 0.2) is 0 Å². The summed E-state index contributed by atoms with van der Waals surface area (Å²) in [6.45, 7) is 9.99. The van der Waals surface area contributed by atoms with Crippen molar-refractivity contribution < 1.29 is 9.53 Å². The number of carbonyl (C=O) groups excluding carboxylic acids is 1. The van der Waals surface area contributed by atoms with Crippen LogP contribution in [-0.2, 0) is 9.53 Å². The van der Waals surface area contributed by atoms with Crippen molar-refractivity contribution in [2.45, 2.75) is 51.7 Å². The van der Waals surface area contributed by atoms with Gasteiger partial charge in [-0.3, -0.25) is 4.79 Å². The van der Waals surface area contributed by atoms with Gasteiger partial charge in [0, 0.05) is 12.1 Å². The second kappa shape index (κ2) is 5.15. The third-order valence-electron chi connectivity index (χ3n) is 2.62. The summed E-state index contributed by atoms with van der Waals surface area (Å²) in [5, 5.41) is 6.18. The molecule has 0 aliphatic carbocycles. The van der Waals surface area contributed by atoms with Gasteiger partial charge in [-0.1, -0.05) is 0 Å². The number of nitrogens with one attached hydrogen (secondary N) is 2. The molecule has 0 aromatic rings. The topological polar surface area (TPSA) is 50.4 Å². The highest BCUT2D eigenvalue weighted by atomic mass is 16.5. The summed E-state index contributed by atoms with van der Waals surface area (Å²) < 4.78 is 5.70. The first-order valence-corrected chi connectivity index (χ1v) is 5.96. The molecule has 1 atom stereocenters. The third-order valence-corrected chi connectivity index (χ3v) is 2.62. The molecule has 1 unspecified atom stereocenters. The molecular formula is C12H24N2O2. The fourth-order valence-electron chi connectivity index (χ4n) is 1.85. The van der Waals surface area contributed by atoms with Gasteiger partial charge in [0.1, 0.15) is 6.61 Å². The largest absolute Gasteiger partial charge is 0.364 e. The van der Waals surface area contributed by atoms with Gasteiger partial charge in [0.15, 0.2) is 0 Å². The van der Waals surface area contributed by atoms with E-state index >= 15 is 0 Å². The summed E-state index contributed by atoms with van der Waals surface area (Å²) in [6, 6.07) is 0. The molecule has 1 heterocycles. The molecule has 1 fully saturated rings. The first-order chi connectivity index (χ1) is 7.31. The van der Waals surface area contributed by atoms with Crippen molar-refractivity contribution >= 4 is 5.91 Å². The smallest absolute Gasteiger partial charge is 0.246 e. The van der Waals surface area contributed by atoms with E-state index in [1.807, 2.05) is 20.8 Å². The van der Waals surface area contributed by atoms with Crippen molar-refractivity contribution in [3.8, 4) is 0 Å². The molecule has 2 N–H and O–H groups in total. The quantitative estimate of drug-likeness (QED) is 0.759. The zero-order valence-electron chi connectivity index (χ0n) is 10.9. The third kappa shape index (κ3) is 4.94. The Kier molecular flexibility index (Phi) is 4.33. The summed E-state index contributed by atoms with van der Waals surface area (Å²) in [7, 11) is 0. The maximum atomic E-state index is 11.6. The molecule has 1 saturated heterocycles. The zero-order chi connectivity index (χ0) is 12.2. The summed E-state index contributed by atoms with van der Waals surface area (Å²) in [6.07, 6.45) is 2.13. The van der Waals surface area contributed by atoms with Gasteiger partial charge in [0.25, 0.3) is 0 Å². The molecule has 16 heavy (non-hydrogen) atoms. The van der Waals surface area contributed by atoms with Crippen LogP contribution in [0.3, 0.4) is 0 Å². The van der Waals surface area contributed by atoms with Crippen LogP contribution in [0.4, 0.5) is 0 Å². The normalized spacial score (nSPS) is 26.5. The van der Waals surface area contributed by atoms with Gasteiger partial charge in [-0.05, 0) is 47.1 Å². The Hall–Kier alpha value is -0.610. The molecule has 4 heteroatoms. The number of piperidine rings is 1. The molecule has 0 aromatic heterocycles. The van der Waals surface area contributed by atoms with Crippen molar-refractivity contribution in [3.63, 3.8) is 0 Å². The lowest BCUT2D eigenvalue weighted by molar-refractivity contribution is -0.134. The number of ether oxygens (including phenoxy) is 1. The van der Waals surface area contributed by atoms with Gasteiger partial charge >= 0.3 is 0 Å². The summed E-state index contributed by atoms with van der Waals surface area (Å²) in [5.74, 6) is -0.0423. The summed E-state index contributed by atoms with van der Waals surface area (Å²) in [5.41, 5.74) is -0.375. The van der Waals surface area contributed by atoms with E-state index in [1.54, 1.807) is 0 Å². The lowest BCUT2D eigenvalue weighted by atomic mass is 9.96. The van der Waals surface area contributed by atoms with E-state index in [0.717, 1.165) is 25.9 Å². The van der Waals surface area contributed by atoms with Crippen LogP contribution < -0.4 is 10.6 Å². The van der Waals surface area contributed by atoms with E-state index in [0.29, 0.717) is 0 Å². The molecule has 0 saturated carbocycles. The molecule has 0 spiro atoms. The second-order valence-corrected chi connectivity index (χ2v) is 5.82. The van der Waals surface area contributed by atoms with E-state index < -0.39 is 0 Å². The molecule has 94 valence electrons. The van der Waals surface area contributed by atoms with Crippen LogP contribution in [0.5, 0.6) is 0 Å². The van der Waals surface area contributed by atoms with Gasteiger partial charge in [0.05, 0.1) is 5.60 Å². The zero-order valence-corrected chi connectivity index (χ0v) is 10.9. The fourth-order valence-corrected chi connectivity index (χ4v) is 1.85. The lowest BCUT2D eigenvalue weighted by Gasteiger charge is -2.34. The maximum absolute atomic E-state index is 11.6. The van der Waals surface area contributed by atoms with Crippen LogP contribution in [-0.4, -0.2) is 36.7 Å². The van der Waals surface area contributed by atoms with Gasteiger partial charge < -0.3 is 15.4 Å². The number of hydrogen-bond donors (Lipinski definition) is 2. The van der Waals surface area contributed by atoms with Gasteiger partial charge in [0.2, 0.25) is 5.91 Å². The molecular weight excluding hydrogens is 204 g/mol. The Balaban J connectivity index is 2.30. The number of rotatable bonds is 3. The number of amides is 1. The minimum absolute atomic E-state index is 0.0423. The standard InChI is InChI=1S/C12H24N2O2/c1-11(2,3)14-10(15)8-16-12(4)6-5-7-13-9-12/h13H,5-9H2,1-4H3,(H,14,15). The van der Waals surface area contributed by atoms with Crippen molar-refractivity contribution in [1.29, 1.82) is 0 Å². The molecule has 1 rings (SSSR count). The van der Waals surface area contributed by atoms with Crippen LogP contribution in [0.1, 0.15) is 40.5 Å². The van der Waals surface area contributed by atoms with Gasteiger partial charge in [-0.25, -0.2) is 0 Å². The van der Waals surface area contributed by atoms with Crippen LogP contribution >= 0.6 is 0 Å². The highest BCUT2D eigenvalue weighted by Gasteiger charge is 2.28. The number of hydrogen-bond acceptors (Lipinski definition) is 3. The molecule has 0 radical (unpaired) electrons. The highest BCUT2D eigenvalue weighted by molar-refractivity contribution is 5.77. The molecule has 1 aliphatic rings. The van der Waals surface area contributed by atoms with Crippen LogP contribution in [0.25, 0.3) is 0 Å². The lowest BCUT2D eigenvalue weighted by Crippen LogP contribution is -2.48. The van der Waals surface area contributed by atoms with E-state index in [4.69, 9.17) is 4.74 Å². The fraction of sp³-hybridized carbons (Fsp3) is 0.917. The van der Waals surface area contributed by atoms with Gasteiger partial charge in [-0.15, -0.1) is 0 Å².